The van der Waals surface area contributed by atoms with Crippen LogP contribution in [0.2, 0.25) is 0 Å². The molecular weight excluding hydrogens is 369 g/mol. The van der Waals surface area contributed by atoms with Gasteiger partial charge in [0.2, 0.25) is 0 Å². The molecule has 1 N–H and O–H groups in total. The number of hydrogen-bond acceptors (Lipinski definition) is 4. The van der Waals surface area contributed by atoms with Crippen LogP contribution in [0.5, 0.6) is 5.75 Å². The summed E-state index contributed by atoms with van der Waals surface area (Å²) in [7, 11) is 1.65. The minimum atomic E-state index is -0.387. The topological polar surface area (TPSA) is 53.9 Å². The van der Waals surface area contributed by atoms with Crippen molar-refractivity contribution in [3.05, 3.63) is 94.8 Å². The molecule has 0 fully saturated rings. The normalized spacial score (nSPS) is 12.8. The lowest BCUT2D eigenvalue weighted by Crippen LogP contribution is -2.18. The highest BCUT2D eigenvalue weighted by molar-refractivity contribution is 5.95. The van der Waals surface area contributed by atoms with E-state index >= 15 is 0 Å². The van der Waals surface area contributed by atoms with E-state index in [0.717, 1.165) is 30.1 Å². The number of anilines is 1. The number of fused-ring (bicyclic) bond motifs is 1. The Morgan fingerprint density at radius 1 is 1.07 bits per heavy atom. The zero-order chi connectivity index (χ0) is 20.2. The van der Waals surface area contributed by atoms with Crippen molar-refractivity contribution in [3.63, 3.8) is 0 Å². The zero-order valence-electron chi connectivity index (χ0n) is 15.9. The SMILES string of the molecule is COc1ccc(N2Cc3ccc(C(=O)N/N=C\c4ccccc4F)cc3C2)cc1. The number of halogens is 1. The first kappa shape index (κ1) is 18.7. The second-order valence-electron chi connectivity index (χ2n) is 6.76. The number of carbonyl (C=O) groups is 1. The van der Waals surface area contributed by atoms with Gasteiger partial charge >= 0.3 is 0 Å². The number of rotatable bonds is 5. The highest BCUT2D eigenvalue weighted by Crippen LogP contribution is 2.30. The predicted molar refractivity (Wildman–Crippen MR) is 111 cm³/mol. The fraction of sp³-hybridized carbons (Fsp3) is 0.130. The summed E-state index contributed by atoms with van der Waals surface area (Å²) in [6.07, 6.45) is 1.30. The Bertz CT molecular complexity index is 1060. The standard InChI is InChI=1S/C23H20FN3O2/c1-29-21-10-8-20(9-11-21)27-14-18-7-6-16(12-19(18)15-27)23(28)26-25-13-17-4-2-3-5-22(17)24/h2-13H,14-15H2,1H3,(H,26,28)/b25-13-. The minimum Gasteiger partial charge on any atom is -0.497 e. The molecule has 1 aliphatic rings. The van der Waals surface area contributed by atoms with Crippen molar-refractivity contribution in [1.29, 1.82) is 0 Å². The first-order valence-corrected chi connectivity index (χ1v) is 9.23. The maximum atomic E-state index is 13.6. The molecule has 0 radical (unpaired) electrons. The third kappa shape index (κ3) is 4.11. The lowest BCUT2D eigenvalue weighted by Gasteiger charge is -2.17. The van der Waals surface area contributed by atoms with E-state index in [1.165, 1.54) is 17.8 Å². The number of ether oxygens (including phenoxy) is 1. The molecule has 1 heterocycles. The number of methoxy groups -OCH3 is 1. The predicted octanol–water partition coefficient (Wildman–Crippen LogP) is 4.12. The van der Waals surface area contributed by atoms with E-state index < -0.39 is 0 Å². The molecule has 1 amide bonds. The van der Waals surface area contributed by atoms with E-state index in [4.69, 9.17) is 4.74 Å². The fourth-order valence-corrected chi connectivity index (χ4v) is 3.32. The van der Waals surface area contributed by atoms with E-state index in [-0.39, 0.29) is 11.7 Å². The van der Waals surface area contributed by atoms with Crippen molar-refractivity contribution in [1.82, 2.24) is 5.43 Å². The highest BCUT2D eigenvalue weighted by Gasteiger charge is 2.20. The zero-order valence-corrected chi connectivity index (χ0v) is 15.9. The van der Waals surface area contributed by atoms with Crippen LogP contribution in [-0.4, -0.2) is 19.2 Å². The van der Waals surface area contributed by atoms with Crippen LogP contribution < -0.4 is 15.1 Å². The first-order chi connectivity index (χ1) is 14.1. The van der Waals surface area contributed by atoms with Gasteiger partial charge in [0.1, 0.15) is 11.6 Å². The smallest absolute Gasteiger partial charge is 0.271 e. The van der Waals surface area contributed by atoms with Crippen LogP contribution in [0.15, 0.2) is 71.8 Å². The number of benzene rings is 3. The lowest BCUT2D eigenvalue weighted by atomic mass is 10.1. The Morgan fingerprint density at radius 3 is 2.59 bits per heavy atom. The maximum absolute atomic E-state index is 13.6. The van der Waals surface area contributed by atoms with Crippen molar-refractivity contribution >= 4 is 17.8 Å². The minimum absolute atomic E-state index is 0.317. The Labute approximate surface area is 168 Å². The van der Waals surface area contributed by atoms with Crippen LogP contribution in [0.3, 0.4) is 0 Å². The molecule has 4 rings (SSSR count). The van der Waals surface area contributed by atoms with E-state index in [1.54, 1.807) is 31.4 Å². The van der Waals surface area contributed by atoms with Gasteiger partial charge in [-0.3, -0.25) is 4.79 Å². The molecule has 5 nitrogen and oxygen atoms in total. The highest BCUT2D eigenvalue weighted by atomic mass is 19.1. The summed E-state index contributed by atoms with van der Waals surface area (Å²) in [4.78, 5) is 14.6. The summed E-state index contributed by atoms with van der Waals surface area (Å²) in [5, 5.41) is 3.86. The van der Waals surface area contributed by atoms with E-state index in [9.17, 15) is 9.18 Å². The molecule has 0 saturated heterocycles. The fourth-order valence-electron chi connectivity index (χ4n) is 3.32. The molecule has 6 heteroatoms. The molecule has 0 unspecified atom stereocenters. The van der Waals surface area contributed by atoms with E-state index in [1.807, 2.05) is 36.4 Å². The number of hydrazone groups is 1. The number of hydrogen-bond donors (Lipinski definition) is 1. The molecule has 0 bridgehead atoms. The average Bonchev–Trinajstić information content (AvgIpc) is 3.18. The molecule has 3 aromatic rings. The Morgan fingerprint density at radius 2 is 1.83 bits per heavy atom. The second-order valence-corrected chi connectivity index (χ2v) is 6.76. The van der Waals surface area contributed by atoms with Gasteiger partial charge in [-0.1, -0.05) is 24.3 Å². The number of amides is 1. The summed E-state index contributed by atoms with van der Waals surface area (Å²) in [5.74, 6) is 0.102. The molecule has 29 heavy (non-hydrogen) atoms. The molecule has 0 aliphatic carbocycles. The number of nitrogens with one attached hydrogen (secondary N) is 1. The van der Waals surface area contributed by atoms with Crippen LogP contribution in [0.4, 0.5) is 10.1 Å². The molecule has 3 aromatic carbocycles. The van der Waals surface area contributed by atoms with Gasteiger partial charge in [-0.15, -0.1) is 0 Å². The third-order valence-electron chi connectivity index (χ3n) is 4.90. The van der Waals surface area contributed by atoms with Gasteiger partial charge in [-0.2, -0.15) is 5.10 Å². The summed E-state index contributed by atoms with van der Waals surface area (Å²) < 4.78 is 18.8. The van der Waals surface area contributed by atoms with Crippen molar-refractivity contribution in [3.8, 4) is 5.75 Å². The van der Waals surface area contributed by atoms with Gasteiger partial charge in [0.15, 0.2) is 0 Å². The summed E-state index contributed by atoms with van der Waals surface area (Å²) in [6, 6.07) is 19.8. The first-order valence-electron chi connectivity index (χ1n) is 9.23. The van der Waals surface area contributed by atoms with Crippen molar-refractivity contribution in [2.24, 2.45) is 5.10 Å². The van der Waals surface area contributed by atoms with Gasteiger partial charge in [0, 0.05) is 29.9 Å². The Balaban J connectivity index is 1.43. The van der Waals surface area contributed by atoms with Crippen molar-refractivity contribution < 1.29 is 13.9 Å². The molecule has 0 spiro atoms. The maximum Gasteiger partial charge on any atom is 0.271 e. The van der Waals surface area contributed by atoms with Gasteiger partial charge < -0.3 is 9.64 Å². The van der Waals surface area contributed by atoms with Crippen LogP contribution in [-0.2, 0) is 13.1 Å². The average molecular weight is 389 g/mol. The Kier molecular flexibility index (Phi) is 5.24. The van der Waals surface area contributed by atoms with Gasteiger partial charge in [0.05, 0.1) is 13.3 Å². The monoisotopic (exact) mass is 389 g/mol. The van der Waals surface area contributed by atoms with Crippen LogP contribution >= 0.6 is 0 Å². The number of carbonyl (C=O) groups excluding carboxylic acids is 1. The van der Waals surface area contributed by atoms with Gasteiger partial charge in [-0.25, -0.2) is 9.82 Å². The quantitative estimate of drug-likeness (QED) is 0.528. The number of nitrogens with zero attached hydrogens (tertiary/aromatic N) is 2. The van der Waals surface area contributed by atoms with Crippen LogP contribution in [0.25, 0.3) is 0 Å². The molecule has 146 valence electrons. The van der Waals surface area contributed by atoms with E-state index in [2.05, 4.69) is 15.4 Å². The van der Waals surface area contributed by atoms with Crippen LogP contribution in [0.1, 0.15) is 27.0 Å². The largest absolute Gasteiger partial charge is 0.497 e. The van der Waals surface area contributed by atoms with Crippen molar-refractivity contribution in [2.75, 3.05) is 12.0 Å². The lowest BCUT2D eigenvalue weighted by molar-refractivity contribution is 0.0955. The van der Waals surface area contributed by atoms with E-state index in [0.29, 0.717) is 11.1 Å². The van der Waals surface area contributed by atoms with Crippen LogP contribution in [0, 0.1) is 5.82 Å². The molecule has 0 aromatic heterocycles. The summed E-state index contributed by atoms with van der Waals surface area (Å²) in [6.45, 7) is 1.51. The second kappa shape index (κ2) is 8.14. The third-order valence-corrected chi connectivity index (χ3v) is 4.90. The summed E-state index contributed by atoms with van der Waals surface area (Å²) in [5.41, 5.74) is 6.68. The molecular formula is C23H20FN3O2. The molecule has 0 atom stereocenters. The Hall–Kier alpha value is -3.67. The summed E-state index contributed by atoms with van der Waals surface area (Å²) >= 11 is 0. The van der Waals surface area contributed by atoms with Crippen molar-refractivity contribution in [2.45, 2.75) is 13.1 Å². The van der Waals surface area contributed by atoms with Gasteiger partial charge in [-0.05, 0) is 53.6 Å². The molecule has 0 saturated carbocycles. The van der Waals surface area contributed by atoms with Gasteiger partial charge in [0.25, 0.3) is 5.91 Å². The molecule has 1 aliphatic heterocycles.